The van der Waals surface area contributed by atoms with Crippen molar-refractivity contribution in [1.82, 2.24) is 10.2 Å². The molecule has 1 aliphatic heterocycles. The van der Waals surface area contributed by atoms with Crippen LogP contribution in [0, 0.1) is 0 Å². The highest BCUT2D eigenvalue weighted by Crippen LogP contribution is 2.32. The van der Waals surface area contributed by atoms with Gasteiger partial charge in [-0.25, -0.2) is 0 Å². The van der Waals surface area contributed by atoms with E-state index in [-0.39, 0.29) is 5.91 Å². The summed E-state index contributed by atoms with van der Waals surface area (Å²) in [6, 6.07) is 4.09. The first-order valence-corrected chi connectivity index (χ1v) is 8.70. The minimum atomic E-state index is -0.100. The van der Waals surface area contributed by atoms with E-state index in [9.17, 15) is 4.79 Å². The predicted octanol–water partition coefficient (Wildman–Crippen LogP) is 3.43. The first kappa shape index (κ1) is 16.8. The Balaban J connectivity index is 2.07. The van der Waals surface area contributed by atoms with Crippen LogP contribution in [0.5, 0.6) is 5.75 Å². The first-order valence-electron chi connectivity index (χ1n) is 7.12. The number of carbonyl (C=O) groups excluding carboxylic acids is 1. The average molecular weight is 420 g/mol. The highest BCUT2D eigenvalue weighted by Gasteiger charge is 2.24. The lowest BCUT2D eigenvalue weighted by Gasteiger charge is -2.23. The van der Waals surface area contributed by atoms with Crippen LogP contribution >= 0.6 is 31.9 Å². The molecule has 0 aromatic heterocycles. The molecule has 0 aliphatic carbocycles. The summed E-state index contributed by atoms with van der Waals surface area (Å²) in [5.74, 6) is 0.464. The number of nitrogens with one attached hydrogen (secondary N) is 1. The van der Waals surface area contributed by atoms with Crippen molar-refractivity contribution < 1.29 is 9.53 Å². The van der Waals surface area contributed by atoms with Crippen molar-refractivity contribution in [2.75, 3.05) is 26.7 Å². The van der Waals surface area contributed by atoms with Crippen molar-refractivity contribution in [3.8, 4) is 5.75 Å². The van der Waals surface area contributed by atoms with Gasteiger partial charge in [-0.05, 0) is 54.0 Å². The SMILES string of the molecule is CCN1CCC[C@H]1CNC(=O)c1cc(Br)cc(Br)c1OC. The molecule has 1 N–H and O–H groups in total. The number of likely N-dealkylation sites (tertiary alicyclic amines) is 1. The van der Waals surface area contributed by atoms with Gasteiger partial charge in [0.1, 0.15) is 5.75 Å². The molecule has 0 radical (unpaired) electrons. The monoisotopic (exact) mass is 418 g/mol. The van der Waals surface area contributed by atoms with Crippen LogP contribution in [0.25, 0.3) is 0 Å². The van der Waals surface area contributed by atoms with Gasteiger partial charge in [-0.2, -0.15) is 0 Å². The summed E-state index contributed by atoms with van der Waals surface area (Å²) in [4.78, 5) is 14.8. The minimum absolute atomic E-state index is 0.100. The van der Waals surface area contributed by atoms with E-state index in [1.165, 1.54) is 6.42 Å². The number of amides is 1. The van der Waals surface area contributed by atoms with E-state index in [1.807, 2.05) is 6.07 Å². The molecular weight excluding hydrogens is 400 g/mol. The highest BCUT2D eigenvalue weighted by atomic mass is 79.9. The molecule has 1 aliphatic rings. The van der Waals surface area contributed by atoms with Gasteiger partial charge in [-0.1, -0.05) is 22.9 Å². The van der Waals surface area contributed by atoms with E-state index in [0.29, 0.717) is 23.9 Å². The molecular formula is C15H20Br2N2O2. The zero-order chi connectivity index (χ0) is 15.4. The number of hydrogen-bond donors (Lipinski definition) is 1. The van der Waals surface area contributed by atoms with E-state index in [0.717, 1.165) is 28.5 Å². The second kappa shape index (κ2) is 7.61. The molecule has 4 nitrogen and oxygen atoms in total. The van der Waals surface area contributed by atoms with Gasteiger partial charge in [-0.15, -0.1) is 0 Å². The number of nitrogens with zero attached hydrogens (tertiary/aromatic N) is 1. The number of likely N-dealkylation sites (N-methyl/N-ethyl adjacent to an activating group) is 1. The molecule has 1 aromatic rings. The zero-order valence-corrected chi connectivity index (χ0v) is 15.5. The fourth-order valence-corrected chi connectivity index (χ4v) is 4.17. The molecule has 1 heterocycles. The van der Waals surface area contributed by atoms with E-state index in [4.69, 9.17) is 4.74 Å². The molecule has 1 aromatic carbocycles. The number of halogens is 2. The number of benzene rings is 1. The van der Waals surface area contributed by atoms with Gasteiger partial charge >= 0.3 is 0 Å². The van der Waals surface area contributed by atoms with Crippen molar-refractivity contribution in [1.29, 1.82) is 0 Å². The highest BCUT2D eigenvalue weighted by molar-refractivity contribution is 9.11. The number of ether oxygens (including phenoxy) is 1. The summed E-state index contributed by atoms with van der Waals surface area (Å²) >= 11 is 6.83. The molecule has 2 rings (SSSR count). The molecule has 0 saturated carbocycles. The summed E-state index contributed by atoms with van der Waals surface area (Å²) < 4.78 is 6.94. The van der Waals surface area contributed by atoms with Crippen molar-refractivity contribution in [3.63, 3.8) is 0 Å². The third-order valence-corrected chi connectivity index (χ3v) is 4.91. The maximum absolute atomic E-state index is 12.4. The van der Waals surface area contributed by atoms with Crippen LogP contribution in [0.4, 0.5) is 0 Å². The number of rotatable bonds is 5. The van der Waals surface area contributed by atoms with Crippen molar-refractivity contribution in [2.24, 2.45) is 0 Å². The predicted molar refractivity (Wildman–Crippen MR) is 91.0 cm³/mol. The Morgan fingerprint density at radius 2 is 2.24 bits per heavy atom. The van der Waals surface area contributed by atoms with Gasteiger partial charge in [0.25, 0.3) is 5.91 Å². The van der Waals surface area contributed by atoms with Crippen LogP contribution in [0.3, 0.4) is 0 Å². The molecule has 6 heteroatoms. The summed E-state index contributed by atoms with van der Waals surface area (Å²) in [5.41, 5.74) is 0.541. The van der Waals surface area contributed by atoms with E-state index >= 15 is 0 Å². The molecule has 1 saturated heterocycles. The van der Waals surface area contributed by atoms with Crippen LogP contribution in [0.1, 0.15) is 30.1 Å². The standard InChI is InChI=1S/C15H20Br2N2O2/c1-3-19-6-4-5-11(19)9-18-15(20)12-7-10(16)8-13(17)14(12)21-2/h7-8,11H,3-6,9H2,1-2H3,(H,18,20)/t11-/m0/s1. The molecule has 116 valence electrons. The van der Waals surface area contributed by atoms with E-state index < -0.39 is 0 Å². The molecule has 0 spiro atoms. The second-order valence-corrected chi connectivity index (χ2v) is 6.87. The summed E-state index contributed by atoms with van der Waals surface area (Å²) in [7, 11) is 1.57. The van der Waals surface area contributed by atoms with Crippen LogP contribution in [0.2, 0.25) is 0 Å². The first-order chi connectivity index (χ1) is 10.1. The van der Waals surface area contributed by atoms with Gasteiger partial charge in [0.05, 0.1) is 17.1 Å². The van der Waals surface area contributed by atoms with Crippen LogP contribution in [-0.4, -0.2) is 43.6 Å². The molecule has 21 heavy (non-hydrogen) atoms. The Labute approximate surface area is 142 Å². The van der Waals surface area contributed by atoms with Crippen molar-refractivity contribution >= 4 is 37.8 Å². The fraction of sp³-hybridized carbons (Fsp3) is 0.533. The van der Waals surface area contributed by atoms with E-state index in [2.05, 4.69) is 49.0 Å². The van der Waals surface area contributed by atoms with Gasteiger partial charge in [0.15, 0.2) is 0 Å². The maximum atomic E-state index is 12.4. The fourth-order valence-electron chi connectivity index (χ4n) is 2.78. The van der Waals surface area contributed by atoms with Gasteiger partial charge in [0.2, 0.25) is 0 Å². The summed E-state index contributed by atoms with van der Waals surface area (Å²) in [5, 5.41) is 3.03. The summed E-state index contributed by atoms with van der Waals surface area (Å²) in [6.07, 6.45) is 2.35. The molecule has 1 amide bonds. The maximum Gasteiger partial charge on any atom is 0.255 e. The number of methoxy groups -OCH3 is 1. The third-order valence-electron chi connectivity index (χ3n) is 3.86. The number of carbonyl (C=O) groups is 1. The van der Waals surface area contributed by atoms with Gasteiger partial charge < -0.3 is 10.1 Å². The Hall–Kier alpha value is -0.590. The lowest BCUT2D eigenvalue weighted by molar-refractivity contribution is 0.0938. The van der Waals surface area contributed by atoms with Crippen LogP contribution < -0.4 is 10.1 Å². The number of hydrogen-bond acceptors (Lipinski definition) is 3. The topological polar surface area (TPSA) is 41.6 Å². The zero-order valence-electron chi connectivity index (χ0n) is 12.3. The van der Waals surface area contributed by atoms with Crippen molar-refractivity contribution in [3.05, 3.63) is 26.6 Å². The van der Waals surface area contributed by atoms with Gasteiger partial charge in [-0.3, -0.25) is 9.69 Å². The normalized spacial score (nSPS) is 18.8. The van der Waals surface area contributed by atoms with Crippen LogP contribution in [-0.2, 0) is 0 Å². The summed E-state index contributed by atoms with van der Waals surface area (Å²) in [6.45, 7) is 5.00. The van der Waals surface area contributed by atoms with Crippen molar-refractivity contribution in [2.45, 2.75) is 25.8 Å². The molecule has 1 fully saturated rings. The third kappa shape index (κ3) is 3.99. The Kier molecular flexibility index (Phi) is 6.08. The average Bonchev–Trinajstić information content (AvgIpc) is 2.91. The quantitative estimate of drug-likeness (QED) is 0.794. The lowest BCUT2D eigenvalue weighted by Crippen LogP contribution is -2.40. The Morgan fingerprint density at radius 1 is 1.48 bits per heavy atom. The molecule has 0 unspecified atom stereocenters. The Morgan fingerprint density at radius 3 is 2.90 bits per heavy atom. The largest absolute Gasteiger partial charge is 0.495 e. The lowest BCUT2D eigenvalue weighted by atomic mass is 10.1. The Bertz CT molecular complexity index is 523. The van der Waals surface area contributed by atoms with Gasteiger partial charge in [0, 0.05) is 17.1 Å². The molecule has 0 bridgehead atoms. The van der Waals surface area contributed by atoms with E-state index in [1.54, 1.807) is 13.2 Å². The molecule has 1 atom stereocenters. The minimum Gasteiger partial charge on any atom is -0.495 e. The smallest absolute Gasteiger partial charge is 0.255 e. The van der Waals surface area contributed by atoms with Crippen LogP contribution in [0.15, 0.2) is 21.1 Å². The second-order valence-electron chi connectivity index (χ2n) is 5.10.